The Hall–Kier alpha value is -1.63. The Balaban J connectivity index is 2.39. The Morgan fingerprint density at radius 2 is 1.55 bits per heavy atom. The van der Waals surface area contributed by atoms with Crippen LogP contribution in [0.15, 0.2) is 17.2 Å². The molecule has 1 aromatic carbocycles. The van der Waals surface area contributed by atoms with Gasteiger partial charge < -0.3 is 9.31 Å². The van der Waals surface area contributed by atoms with Gasteiger partial charge >= 0.3 is 7.12 Å². The van der Waals surface area contributed by atoms with Crippen molar-refractivity contribution in [2.24, 2.45) is 5.11 Å². The lowest BCUT2D eigenvalue weighted by Gasteiger charge is -2.32. The van der Waals surface area contributed by atoms with Crippen molar-refractivity contribution in [1.29, 1.82) is 0 Å². The van der Waals surface area contributed by atoms with Crippen LogP contribution in [0.5, 0.6) is 0 Å². The summed E-state index contributed by atoms with van der Waals surface area (Å²) < 4.78 is 38.8. The first kappa shape index (κ1) is 14.8. The van der Waals surface area contributed by atoms with Crippen LogP contribution in [0.25, 0.3) is 10.4 Å². The van der Waals surface area contributed by atoms with Gasteiger partial charge in [0.15, 0.2) is 0 Å². The molecular weight excluding hydrogens is 267 g/mol. The van der Waals surface area contributed by atoms with E-state index in [1.807, 2.05) is 27.7 Å². The molecule has 0 N–H and O–H groups in total. The summed E-state index contributed by atoms with van der Waals surface area (Å²) in [5.41, 5.74) is 6.60. The minimum Gasteiger partial charge on any atom is -0.399 e. The molecule has 1 aromatic rings. The highest BCUT2D eigenvalue weighted by Crippen LogP contribution is 2.36. The smallest absolute Gasteiger partial charge is 0.399 e. The molecule has 0 unspecified atom stereocenters. The van der Waals surface area contributed by atoms with Crippen molar-refractivity contribution in [1.82, 2.24) is 0 Å². The summed E-state index contributed by atoms with van der Waals surface area (Å²) in [4.78, 5) is 2.38. The SMILES string of the molecule is CC1(C)OB(c2cc(F)c(N=[N+]=[N-])c(F)c2)OC1(C)C. The predicted octanol–water partition coefficient (Wildman–Crippen LogP) is 3.21. The van der Waals surface area contributed by atoms with Gasteiger partial charge in [0.1, 0.15) is 17.3 Å². The number of rotatable bonds is 2. The molecule has 1 saturated heterocycles. The van der Waals surface area contributed by atoms with Crippen LogP contribution in [0, 0.1) is 11.6 Å². The van der Waals surface area contributed by atoms with Gasteiger partial charge in [-0.2, -0.15) is 0 Å². The lowest BCUT2D eigenvalue weighted by atomic mass is 9.79. The zero-order valence-corrected chi connectivity index (χ0v) is 11.6. The van der Waals surface area contributed by atoms with Crippen molar-refractivity contribution in [2.75, 3.05) is 0 Å². The Morgan fingerprint density at radius 1 is 1.10 bits per heavy atom. The molecule has 0 atom stereocenters. The standard InChI is InChI=1S/C12H14BF2N3O2/c1-11(2)12(3,4)20-13(19-11)7-5-8(14)10(17-18-16)9(15)6-7/h5-6H,1-4H3. The lowest BCUT2D eigenvalue weighted by molar-refractivity contribution is 0.00578. The minimum absolute atomic E-state index is 0.204. The Kier molecular flexibility index (Phi) is 3.50. The van der Waals surface area contributed by atoms with Gasteiger partial charge in [-0.25, -0.2) is 8.78 Å². The van der Waals surface area contributed by atoms with Gasteiger partial charge in [-0.05, 0) is 50.8 Å². The average Bonchev–Trinajstić information content (AvgIpc) is 2.53. The molecule has 0 spiro atoms. The first-order valence-electron chi connectivity index (χ1n) is 6.07. The van der Waals surface area contributed by atoms with Crippen LogP contribution in [-0.2, 0) is 9.31 Å². The van der Waals surface area contributed by atoms with Crippen LogP contribution in [0.3, 0.4) is 0 Å². The van der Waals surface area contributed by atoms with Crippen molar-refractivity contribution >= 4 is 18.3 Å². The highest BCUT2D eigenvalue weighted by molar-refractivity contribution is 6.62. The van der Waals surface area contributed by atoms with Gasteiger partial charge in [0.25, 0.3) is 0 Å². The normalized spacial score (nSPS) is 19.8. The summed E-state index contributed by atoms with van der Waals surface area (Å²) in [5, 5.41) is 2.98. The second kappa shape index (κ2) is 4.73. The number of benzene rings is 1. The van der Waals surface area contributed by atoms with Crippen molar-refractivity contribution < 1.29 is 18.1 Å². The van der Waals surface area contributed by atoms with Crippen LogP contribution in [0.2, 0.25) is 0 Å². The zero-order chi connectivity index (χ0) is 15.1. The fourth-order valence-electron chi connectivity index (χ4n) is 1.84. The van der Waals surface area contributed by atoms with E-state index in [0.29, 0.717) is 0 Å². The highest BCUT2D eigenvalue weighted by atomic mass is 19.1. The maximum atomic E-state index is 13.7. The van der Waals surface area contributed by atoms with Crippen LogP contribution < -0.4 is 5.46 Å². The number of hydrogen-bond acceptors (Lipinski definition) is 3. The van der Waals surface area contributed by atoms with Crippen molar-refractivity contribution in [3.63, 3.8) is 0 Å². The predicted molar refractivity (Wildman–Crippen MR) is 70.9 cm³/mol. The summed E-state index contributed by atoms with van der Waals surface area (Å²) in [6, 6.07) is 2.10. The lowest BCUT2D eigenvalue weighted by Crippen LogP contribution is -2.41. The molecule has 1 heterocycles. The molecule has 5 nitrogen and oxygen atoms in total. The van der Waals surface area contributed by atoms with E-state index in [1.165, 1.54) is 0 Å². The van der Waals surface area contributed by atoms with Crippen LogP contribution >= 0.6 is 0 Å². The van der Waals surface area contributed by atoms with Crippen molar-refractivity contribution in [2.45, 2.75) is 38.9 Å². The molecule has 1 aliphatic rings. The van der Waals surface area contributed by atoms with Gasteiger partial charge in [0.2, 0.25) is 0 Å². The third kappa shape index (κ3) is 2.37. The molecule has 0 saturated carbocycles. The fourth-order valence-corrected chi connectivity index (χ4v) is 1.84. The van der Waals surface area contributed by atoms with Gasteiger partial charge in [-0.3, -0.25) is 0 Å². The Labute approximate surface area is 115 Å². The van der Waals surface area contributed by atoms with Crippen molar-refractivity contribution in [3.05, 3.63) is 34.2 Å². The third-order valence-corrected chi connectivity index (χ3v) is 3.71. The van der Waals surface area contributed by atoms with E-state index in [4.69, 9.17) is 14.8 Å². The molecule has 0 radical (unpaired) electrons. The van der Waals surface area contributed by atoms with Gasteiger partial charge in [-0.15, -0.1) is 0 Å². The molecule has 1 fully saturated rings. The summed E-state index contributed by atoms with van der Waals surface area (Å²) in [6.45, 7) is 7.37. The maximum Gasteiger partial charge on any atom is 0.495 e. The molecular formula is C12H14BF2N3O2. The van der Waals surface area contributed by atoms with Crippen molar-refractivity contribution in [3.8, 4) is 0 Å². The second-order valence-electron chi connectivity index (χ2n) is 5.61. The zero-order valence-electron chi connectivity index (χ0n) is 11.6. The van der Waals surface area contributed by atoms with E-state index in [9.17, 15) is 8.78 Å². The van der Waals surface area contributed by atoms with E-state index < -0.39 is 35.6 Å². The molecule has 20 heavy (non-hydrogen) atoms. The van der Waals surface area contributed by atoms with E-state index >= 15 is 0 Å². The van der Waals surface area contributed by atoms with Crippen LogP contribution in [0.4, 0.5) is 14.5 Å². The average molecular weight is 281 g/mol. The fraction of sp³-hybridized carbons (Fsp3) is 0.500. The first-order valence-corrected chi connectivity index (χ1v) is 6.07. The van der Waals surface area contributed by atoms with E-state index in [0.717, 1.165) is 12.1 Å². The maximum absolute atomic E-state index is 13.7. The number of hydrogen-bond donors (Lipinski definition) is 0. The number of nitrogens with zero attached hydrogens (tertiary/aromatic N) is 3. The van der Waals surface area contributed by atoms with Crippen LogP contribution in [-0.4, -0.2) is 18.3 Å². The first-order chi connectivity index (χ1) is 9.18. The molecule has 2 rings (SSSR count). The molecule has 0 amide bonds. The summed E-state index contributed by atoms with van der Waals surface area (Å²) in [7, 11) is -0.871. The topological polar surface area (TPSA) is 67.2 Å². The summed E-state index contributed by atoms with van der Waals surface area (Å²) >= 11 is 0. The molecule has 0 bridgehead atoms. The third-order valence-electron chi connectivity index (χ3n) is 3.71. The van der Waals surface area contributed by atoms with E-state index in [1.54, 1.807) is 0 Å². The molecule has 1 aliphatic heterocycles. The number of halogens is 2. The molecule has 106 valence electrons. The van der Waals surface area contributed by atoms with Gasteiger partial charge in [0, 0.05) is 4.91 Å². The minimum atomic E-state index is -0.951. The van der Waals surface area contributed by atoms with E-state index in [-0.39, 0.29) is 5.46 Å². The largest absolute Gasteiger partial charge is 0.495 e. The second-order valence-corrected chi connectivity index (χ2v) is 5.61. The molecule has 0 aromatic heterocycles. The van der Waals surface area contributed by atoms with Gasteiger partial charge in [0.05, 0.1) is 11.2 Å². The summed E-state index contributed by atoms with van der Waals surface area (Å²) in [5.74, 6) is -1.90. The molecule has 0 aliphatic carbocycles. The molecule has 8 heteroatoms. The van der Waals surface area contributed by atoms with Crippen LogP contribution in [0.1, 0.15) is 27.7 Å². The quantitative estimate of drug-likeness (QED) is 0.361. The van der Waals surface area contributed by atoms with E-state index in [2.05, 4.69) is 10.0 Å². The number of azide groups is 1. The van der Waals surface area contributed by atoms with Gasteiger partial charge in [-0.1, -0.05) is 5.11 Å². The highest BCUT2D eigenvalue weighted by Gasteiger charge is 2.51. The summed E-state index contributed by atoms with van der Waals surface area (Å²) in [6.07, 6.45) is 0. The Bertz CT molecular complexity index is 561. The monoisotopic (exact) mass is 281 g/mol. The Morgan fingerprint density at radius 3 is 1.95 bits per heavy atom.